The van der Waals surface area contributed by atoms with Crippen LogP contribution >= 0.6 is 0 Å². The average molecular weight is 448 g/mol. The van der Waals surface area contributed by atoms with E-state index in [0.717, 1.165) is 0 Å². The monoisotopic (exact) mass is 448 g/mol. The molecule has 0 saturated heterocycles. The lowest BCUT2D eigenvalue weighted by Gasteiger charge is -2.17. The first-order valence-electron chi connectivity index (χ1n) is 10.5. The molecule has 0 aromatic heterocycles. The molecule has 7 heteroatoms. The van der Waals surface area contributed by atoms with E-state index in [4.69, 9.17) is 9.47 Å². The fourth-order valence-electron chi connectivity index (χ4n) is 3.01. The molecule has 2 N–H and O–H groups in total. The third kappa shape index (κ3) is 6.67. The van der Waals surface area contributed by atoms with Crippen molar-refractivity contribution in [3.63, 3.8) is 0 Å². The molecular weight excluding hydrogens is 423 g/mol. The summed E-state index contributed by atoms with van der Waals surface area (Å²) in [6, 6.07) is 17.8. The summed E-state index contributed by atoms with van der Waals surface area (Å²) in [5, 5.41) is 5.61. The molecule has 3 aromatic rings. The van der Waals surface area contributed by atoms with E-state index in [9.17, 15) is 14.0 Å². The van der Waals surface area contributed by atoms with Crippen LogP contribution < -0.4 is 20.1 Å². The molecule has 0 atom stereocenters. The van der Waals surface area contributed by atoms with Crippen molar-refractivity contribution < 1.29 is 23.5 Å². The van der Waals surface area contributed by atoms with Crippen LogP contribution in [0.15, 0.2) is 72.8 Å². The summed E-state index contributed by atoms with van der Waals surface area (Å²) >= 11 is 0. The van der Waals surface area contributed by atoms with Crippen molar-refractivity contribution in [3.8, 4) is 11.5 Å². The Labute approximate surface area is 192 Å². The Morgan fingerprint density at radius 3 is 2.00 bits per heavy atom. The van der Waals surface area contributed by atoms with Crippen molar-refractivity contribution in [2.75, 3.05) is 23.8 Å². The number of halogens is 1. The van der Waals surface area contributed by atoms with Crippen molar-refractivity contribution in [2.24, 2.45) is 0 Å². The molecule has 0 radical (unpaired) electrons. The highest BCUT2D eigenvalue weighted by Crippen LogP contribution is 2.37. The van der Waals surface area contributed by atoms with Gasteiger partial charge in [-0.2, -0.15) is 0 Å². The first-order chi connectivity index (χ1) is 16.0. The van der Waals surface area contributed by atoms with Crippen molar-refractivity contribution >= 4 is 29.3 Å². The number of carbonyl (C=O) groups excluding carboxylic acids is 2. The van der Waals surface area contributed by atoms with Gasteiger partial charge in [0.1, 0.15) is 17.3 Å². The van der Waals surface area contributed by atoms with Gasteiger partial charge in [-0.1, -0.05) is 30.3 Å². The first-order valence-corrected chi connectivity index (χ1v) is 10.5. The third-order valence-corrected chi connectivity index (χ3v) is 4.52. The number of anilines is 2. The van der Waals surface area contributed by atoms with Crippen LogP contribution in [0.1, 0.15) is 29.8 Å². The molecule has 0 aliphatic heterocycles. The van der Waals surface area contributed by atoms with E-state index in [-0.39, 0.29) is 11.7 Å². The summed E-state index contributed by atoms with van der Waals surface area (Å²) in [5.41, 5.74) is 2.01. The van der Waals surface area contributed by atoms with Crippen molar-refractivity contribution in [3.05, 3.63) is 89.8 Å². The van der Waals surface area contributed by atoms with Crippen LogP contribution in [0.3, 0.4) is 0 Å². The molecule has 0 heterocycles. The molecule has 0 spiro atoms. The predicted octanol–water partition coefficient (Wildman–Crippen LogP) is 5.53. The van der Waals surface area contributed by atoms with Gasteiger partial charge in [0.25, 0.3) is 5.91 Å². The number of hydrogen-bond donors (Lipinski definition) is 2. The van der Waals surface area contributed by atoms with Gasteiger partial charge in [0, 0.05) is 23.8 Å². The fourth-order valence-corrected chi connectivity index (χ4v) is 3.01. The van der Waals surface area contributed by atoms with Gasteiger partial charge in [-0.3, -0.25) is 9.59 Å². The standard InChI is InChI=1S/C26H25FN2O4/c1-3-32-23-17-22(29-26(31)19-8-6-5-7-9-19)24(33-4-2)16-21(23)28-25(30)15-12-18-10-13-20(27)14-11-18/h5-17H,3-4H2,1-2H3,(H,28,30)(H,29,31). The summed E-state index contributed by atoms with van der Waals surface area (Å²) in [5.74, 6) is -0.265. The second kappa shape index (κ2) is 11.5. The molecule has 0 unspecified atom stereocenters. The minimum atomic E-state index is -0.399. The second-order valence-corrected chi connectivity index (χ2v) is 6.90. The summed E-state index contributed by atoms with van der Waals surface area (Å²) in [6.45, 7) is 4.36. The minimum absolute atomic E-state index is 0.294. The lowest BCUT2D eigenvalue weighted by molar-refractivity contribution is -0.111. The van der Waals surface area contributed by atoms with E-state index in [1.165, 1.54) is 18.2 Å². The van der Waals surface area contributed by atoms with Crippen LogP contribution in [0.5, 0.6) is 11.5 Å². The number of nitrogens with one attached hydrogen (secondary N) is 2. The third-order valence-electron chi connectivity index (χ3n) is 4.52. The molecule has 2 amide bonds. The summed E-state index contributed by atoms with van der Waals surface area (Å²) in [4.78, 5) is 25.1. The number of rotatable bonds is 9. The topological polar surface area (TPSA) is 76.7 Å². The van der Waals surface area contributed by atoms with Crippen LogP contribution in [0, 0.1) is 5.82 Å². The van der Waals surface area contributed by atoms with Gasteiger partial charge in [-0.05, 0) is 49.8 Å². The highest BCUT2D eigenvalue weighted by molar-refractivity contribution is 6.06. The zero-order valence-electron chi connectivity index (χ0n) is 18.4. The van der Waals surface area contributed by atoms with Crippen molar-refractivity contribution in [1.29, 1.82) is 0 Å². The smallest absolute Gasteiger partial charge is 0.255 e. The number of hydrogen-bond acceptors (Lipinski definition) is 4. The molecule has 6 nitrogen and oxygen atoms in total. The normalized spacial score (nSPS) is 10.6. The quantitative estimate of drug-likeness (QED) is 0.422. The maximum absolute atomic E-state index is 13.0. The summed E-state index contributed by atoms with van der Waals surface area (Å²) in [7, 11) is 0. The van der Waals surface area contributed by atoms with Crippen LogP contribution in [0.25, 0.3) is 6.08 Å². The van der Waals surface area contributed by atoms with Crippen molar-refractivity contribution in [1.82, 2.24) is 0 Å². The second-order valence-electron chi connectivity index (χ2n) is 6.90. The zero-order chi connectivity index (χ0) is 23.6. The van der Waals surface area contributed by atoms with Gasteiger partial charge in [0.05, 0.1) is 24.6 Å². The number of carbonyl (C=O) groups is 2. The SMILES string of the molecule is CCOc1cc(NC(=O)c2ccccc2)c(OCC)cc1NC(=O)C=Cc1ccc(F)cc1. The minimum Gasteiger partial charge on any atom is -0.492 e. The van der Waals surface area contributed by atoms with Crippen molar-refractivity contribution in [2.45, 2.75) is 13.8 Å². The van der Waals surface area contributed by atoms with Gasteiger partial charge >= 0.3 is 0 Å². The molecule has 3 rings (SSSR count). The Kier molecular flexibility index (Phi) is 8.18. The molecule has 0 aliphatic rings. The van der Waals surface area contributed by atoms with E-state index < -0.39 is 5.91 Å². The fraction of sp³-hybridized carbons (Fsp3) is 0.154. The Bertz CT molecular complexity index is 1130. The molecule has 0 bridgehead atoms. The Hall–Kier alpha value is -4.13. The maximum atomic E-state index is 13.0. The average Bonchev–Trinajstić information content (AvgIpc) is 2.82. The first kappa shape index (κ1) is 23.5. The summed E-state index contributed by atoms with van der Waals surface area (Å²) < 4.78 is 24.4. The number of ether oxygens (including phenoxy) is 2. The lowest BCUT2D eigenvalue weighted by Crippen LogP contribution is -2.14. The Morgan fingerprint density at radius 1 is 0.848 bits per heavy atom. The molecular formula is C26H25FN2O4. The molecule has 0 fully saturated rings. The van der Waals surface area contributed by atoms with Crippen LogP contribution in [0.2, 0.25) is 0 Å². The van der Waals surface area contributed by atoms with E-state index in [1.54, 1.807) is 54.6 Å². The van der Waals surface area contributed by atoms with Crippen LogP contribution in [-0.2, 0) is 4.79 Å². The molecule has 170 valence electrons. The largest absolute Gasteiger partial charge is 0.492 e. The Balaban J connectivity index is 1.84. The van der Waals surface area contributed by atoms with E-state index >= 15 is 0 Å². The highest BCUT2D eigenvalue weighted by Gasteiger charge is 2.16. The molecule has 33 heavy (non-hydrogen) atoms. The van der Waals surface area contributed by atoms with Gasteiger partial charge in [0.2, 0.25) is 5.91 Å². The predicted molar refractivity (Wildman–Crippen MR) is 127 cm³/mol. The molecule has 0 aliphatic carbocycles. The zero-order valence-corrected chi connectivity index (χ0v) is 18.4. The maximum Gasteiger partial charge on any atom is 0.255 e. The molecule has 0 saturated carbocycles. The molecule has 3 aromatic carbocycles. The van der Waals surface area contributed by atoms with Gasteiger partial charge in [0.15, 0.2) is 0 Å². The van der Waals surface area contributed by atoms with Gasteiger partial charge < -0.3 is 20.1 Å². The Morgan fingerprint density at radius 2 is 1.42 bits per heavy atom. The van der Waals surface area contributed by atoms with E-state index in [1.807, 2.05) is 19.9 Å². The highest BCUT2D eigenvalue weighted by atomic mass is 19.1. The van der Waals surface area contributed by atoms with E-state index in [0.29, 0.717) is 47.2 Å². The summed E-state index contributed by atoms with van der Waals surface area (Å²) in [6.07, 6.45) is 2.92. The lowest BCUT2D eigenvalue weighted by atomic mass is 10.2. The number of benzene rings is 3. The van der Waals surface area contributed by atoms with Crippen LogP contribution in [-0.4, -0.2) is 25.0 Å². The van der Waals surface area contributed by atoms with Crippen LogP contribution in [0.4, 0.5) is 15.8 Å². The number of amides is 2. The van der Waals surface area contributed by atoms with Gasteiger partial charge in [-0.25, -0.2) is 4.39 Å². The van der Waals surface area contributed by atoms with Gasteiger partial charge in [-0.15, -0.1) is 0 Å². The van der Waals surface area contributed by atoms with E-state index in [2.05, 4.69) is 10.6 Å².